The second kappa shape index (κ2) is 41.3. The SMILES string of the molecule is CCCCCCCCCCc1ccc2c(c1CCCCCCCCCC)c1c3c(CCCCCCCCCC)c(CCCCCCCCCC)c(CCCCCCCCCC)c(CCCCCCCCCC)c3c3c4ccccc4c4c5ccccc5c5c6ccccc6c6c7ccccc7c2c2c6c5c4c3c12. The van der Waals surface area contributed by atoms with Crippen molar-refractivity contribution < 1.29 is 0 Å². The molecular formula is C108H144. The Hall–Kier alpha value is -6.24. The Bertz CT molecular complexity index is 4890. The molecule has 0 amide bonds. The summed E-state index contributed by atoms with van der Waals surface area (Å²) in [5.41, 5.74) is 10.7. The van der Waals surface area contributed by atoms with Gasteiger partial charge in [0.05, 0.1) is 0 Å². The maximum atomic E-state index is 2.78. The number of fused-ring (bicyclic) bond motifs is 18. The van der Waals surface area contributed by atoms with E-state index in [-0.39, 0.29) is 0 Å². The molecule has 0 aliphatic carbocycles. The molecule has 0 heterocycles. The van der Waals surface area contributed by atoms with E-state index in [0.717, 1.165) is 6.42 Å². The first kappa shape index (κ1) is 79.8. The molecule has 0 unspecified atom stereocenters. The van der Waals surface area contributed by atoms with E-state index in [0.29, 0.717) is 0 Å². The van der Waals surface area contributed by atoms with Gasteiger partial charge in [-0.2, -0.15) is 0 Å². The van der Waals surface area contributed by atoms with E-state index < -0.39 is 0 Å². The van der Waals surface area contributed by atoms with Crippen molar-refractivity contribution >= 4 is 129 Å². The van der Waals surface area contributed by atoms with E-state index >= 15 is 0 Å². The van der Waals surface area contributed by atoms with Crippen molar-refractivity contribution in [2.45, 2.75) is 388 Å². The van der Waals surface area contributed by atoms with E-state index in [2.05, 4.69) is 151 Å². The van der Waals surface area contributed by atoms with Crippen LogP contribution in [-0.4, -0.2) is 0 Å². The van der Waals surface area contributed by atoms with Crippen molar-refractivity contribution in [2.75, 3.05) is 0 Å². The quantitative estimate of drug-likeness (QED) is 0.0202. The number of hydrogen-bond donors (Lipinski definition) is 0. The topological polar surface area (TPSA) is 0 Å². The van der Waals surface area contributed by atoms with Crippen LogP contribution >= 0.6 is 0 Å². The molecule has 576 valence electrons. The number of rotatable bonds is 54. The van der Waals surface area contributed by atoms with Crippen molar-refractivity contribution in [1.82, 2.24) is 0 Å². The van der Waals surface area contributed by atoms with E-state index in [1.54, 1.807) is 76.1 Å². The zero-order valence-electron chi connectivity index (χ0n) is 69.6. The van der Waals surface area contributed by atoms with Gasteiger partial charge in [0.25, 0.3) is 0 Å². The highest BCUT2D eigenvalue weighted by molar-refractivity contribution is 6.61. The molecule has 0 saturated heterocycles. The van der Waals surface area contributed by atoms with Crippen LogP contribution in [0.25, 0.3) is 129 Å². The standard InChI is InChI=1S/C108H144/c1-7-13-19-25-31-37-43-49-63-79-77-78-93-94(80(79)64-50-44-38-32-26-20-14-8-2)102-100-84(68-54-48-42-36-30-24-18-12-6)82(66-52-46-40-34-28-22-16-10-4)81(65-51-45-39-33-27-21-15-9-3)83(67-53-47-41-35-29-23-17-11-5)99(100)101-92-76-62-61-75-91(92)97-88-72-58-57-71-87(88)95-85-69-55-56-70-86(85)96-89-73-59-60-74-90(89)98(93)106-104(96)103(95)105(97)107(101)108(102)106/h55-62,69-78H,7-54,63-68H2,1-6H3. The van der Waals surface area contributed by atoms with Gasteiger partial charge in [-0.25, -0.2) is 0 Å². The lowest BCUT2D eigenvalue weighted by molar-refractivity contribution is 0.565. The van der Waals surface area contributed by atoms with Gasteiger partial charge in [0, 0.05) is 0 Å². The Balaban J connectivity index is 1.21. The van der Waals surface area contributed by atoms with Crippen molar-refractivity contribution in [1.29, 1.82) is 0 Å². The van der Waals surface area contributed by atoms with Crippen LogP contribution in [0, 0.1) is 0 Å². The third kappa shape index (κ3) is 17.7. The minimum Gasteiger partial charge on any atom is -0.0654 e. The van der Waals surface area contributed by atoms with Gasteiger partial charge >= 0.3 is 0 Å². The molecule has 0 aliphatic heterocycles. The fourth-order valence-corrected chi connectivity index (χ4v) is 21.4. The third-order valence-corrected chi connectivity index (χ3v) is 26.9. The predicted molar refractivity (Wildman–Crippen MR) is 488 cm³/mol. The summed E-state index contributed by atoms with van der Waals surface area (Å²) in [5.74, 6) is 0. The molecule has 13 rings (SSSR count). The Kier molecular flexibility index (Phi) is 30.6. The molecule has 0 nitrogen and oxygen atoms in total. The minimum atomic E-state index is 1.16. The van der Waals surface area contributed by atoms with Crippen molar-refractivity contribution in [3.8, 4) is 0 Å². The first-order valence-electron chi connectivity index (χ1n) is 46.8. The first-order chi connectivity index (χ1) is 53.6. The molecule has 0 N–H and O–H groups in total. The van der Waals surface area contributed by atoms with E-state index in [9.17, 15) is 0 Å². The molecule has 0 fully saturated rings. The van der Waals surface area contributed by atoms with Crippen LogP contribution in [0.5, 0.6) is 0 Å². The Morgan fingerprint density at radius 2 is 0.324 bits per heavy atom. The van der Waals surface area contributed by atoms with E-state index in [4.69, 9.17) is 0 Å². The molecule has 0 aliphatic rings. The fourth-order valence-electron chi connectivity index (χ4n) is 21.4. The maximum absolute atomic E-state index is 2.78. The average molecular weight is 1440 g/mol. The summed E-state index contributed by atoms with van der Waals surface area (Å²) in [5, 5.41) is 36.8. The highest BCUT2D eigenvalue weighted by atomic mass is 14.4. The summed E-state index contributed by atoms with van der Waals surface area (Å²) >= 11 is 0. The summed E-state index contributed by atoms with van der Waals surface area (Å²) in [6, 6.07) is 45.1. The van der Waals surface area contributed by atoms with Crippen LogP contribution in [0.4, 0.5) is 0 Å². The average Bonchev–Trinajstić information content (AvgIpc) is 0.645. The van der Waals surface area contributed by atoms with Crippen LogP contribution in [-0.2, 0) is 38.5 Å². The monoisotopic (exact) mass is 1440 g/mol. The molecule has 13 aromatic rings. The lowest BCUT2D eigenvalue weighted by Crippen LogP contribution is -2.11. The Morgan fingerprint density at radius 1 is 0.130 bits per heavy atom. The zero-order chi connectivity index (χ0) is 74.2. The lowest BCUT2D eigenvalue weighted by atomic mass is 9.71. The molecular weight excluding hydrogens is 1300 g/mol. The van der Waals surface area contributed by atoms with Crippen molar-refractivity contribution in [3.63, 3.8) is 0 Å². The van der Waals surface area contributed by atoms with Gasteiger partial charge < -0.3 is 0 Å². The molecule has 0 heteroatoms. The Morgan fingerprint density at radius 3 is 0.611 bits per heavy atom. The molecule has 13 aromatic carbocycles. The zero-order valence-corrected chi connectivity index (χ0v) is 69.6. The van der Waals surface area contributed by atoms with E-state index in [1.165, 1.54) is 416 Å². The van der Waals surface area contributed by atoms with Gasteiger partial charge in [0.15, 0.2) is 0 Å². The van der Waals surface area contributed by atoms with Crippen LogP contribution < -0.4 is 0 Å². The number of unbranched alkanes of at least 4 members (excludes halogenated alkanes) is 42. The summed E-state index contributed by atoms with van der Waals surface area (Å²) in [7, 11) is 0. The minimum absolute atomic E-state index is 1.16. The van der Waals surface area contributed by atoms with Crippen molar-refractivity contribution in [2.24, 2.45) is 0 Å². The molecule has 0 bridgehead atoms. The van der Waals surface area contributed by atoms with Gasteiger partial charge in [-0.05, 0) is 240 Å². The van der Waals surface area contributed by atoms with Crippen LogP contribution in [0.2, 0.25) is 0 Å². The summed E-state index contributed by atoms with van der Waals surface area (Å²) in [4.78, 5) is 0. The van der Waals surface area contributed by atoms with Gasteiger partial charge in [-0.1, -0.05) is 420 Å². The predicted octanol–water partition coefficient (Wildman–Crippen LogP) is 35.9. The Labute approximate surface area is 655 Å². The van der Waals surface area contributed by atoms with Crippen molar-refractivity contribution in [3.05, 3.63) is 143 Å². The molecule has 0 aromatic heterocycles. The highest BCUT2D eigenvalue weighted by Crippen LogP contribution is 2.61. The number of benzene rings is 13. The van der Waals surface area contributed by atoms with Gasteiger partial charge in [-0.15, -0.1) is 0 Å². The maximum Gasteiger partial charge on any atom is -0.0000264 e. The van der Waals surface area contributed by atoms with Crippen LogP contribution in [0.3, 0.4) is 0 Å². The van der Waals surface area contributed by atoms with Gasteiger partial charge in [-0.3, -0.25) is 0 Å². The largest absolute Gasteiger partial charge is 0.0654 e. The van der Waals surface area contributed by atoms with Gasteiger partial charge in [0.1, 0.15) is 0 Å². The van der Waals surface area contributed by atoms with Gasteiger partial charge in [0.2, 0.25) is 0 Å². The number of aryl methyl sites for hydroxylation is 4. The molecule has 0 spiro atoms. The highest BCUT2D eigenvalue weighted by Gasteiger charge is 2.34. The normalized spacial score (nSPS) is 12.5. The second-order valence-corrected chi connectivity index (χ2v) is 34.8. The van der Waals surface area contributed by atoms with Crippen LogP contribution in [0.15, 0.2) is 109 Å². The molecule has 0 atom stereocenters. The summed E-state index contributed by atoms with van der Waals surface area (Å²) in [6.07, 6.45) is 72.2. The lowest BCUT2D eigenvalue weighted by Gasteiger charge is -2.31. The third-order valence-electron chi connectivity index (χ3n) is 26.9. The number of hydrogen-bond acceptors (Lipinski definition) is 0. The van der Waals surface area contributed by atoms with E-state index in [1.807, 2.05) is 11.1 Å². The molecule has 108 heavy (non-hydrogen) atoms. The molecule has 0 radical (unpaired) electrons. The summed E-state index contributed by atoms with van der Waals surface area (Å²) in [6.45, 7) is 14.3. The summed E-state index contributed by atoms with van der Waals surface area (Å²) < 4.78 is 0. The fraction of sp³-hybridized carbons (Fsp3) is 0.556. The molecule has 0 saturated carbocycles. The second-order valence-electron chi connectivity index (χ2n) is 34.8. The smallest absolute Gasteiger partial charge is 0.0000264 e. The van der Waals surface area contributed by atoms with Crippen LogP contribution in [0.1, 0.15) is 383 Å². The first-order valence-corrected chi connectivity index (χ1v) is 46.8.